The predicted octanol–water partition coefficient (Wildman–Crippen LogP) is 1.52. The molecule has 5 nitrogen and oxygen atoms in total. The van der Waals surface area contributed by atoms with E-state index < -0.39 is 5.91 Å². The predicted molar refractivity (Wildman–Crippen MR) is 85.4 cm³/mol. The number of primary amides is 1. The Morgan fingerprint density at radius 2 is 2.23 bits per heavy atom. The summed E-state index contributed by atoms with van der Waals surface area (Å²) >= 11 is 1.58. The molecule has 2 heterocycles. The SMILES string of the molecule is NC(=O)c1cccc(CN2CCNC(=O)C2c2cccs2)c1. The Morgan fingerprint density at radius 3 is 2.95 bits per heavy atom. The van der Waals surface area contributed by atoms with Gasteiger partial charge in [0, 0.05) is 30.1 Å². The summed E-state index contributed by atoms with van der Waals surface area (Å²) < 4.78 is 0. The third-order valence-electron chi connectivity index (χ3n) is 3.72. The number of benzene rings is 1. The maximum Gasteiger partial charge on any atom is 0.248 e. The topological polar surface area (TPSA) is 75.4 Å². The zero-order valence-electron chi connectivity index (χ0n) is 12.0. The molecule has 3 rings (SSSR count). The lowest BCUT2D eigenvalue weighted by atomic mass is 10.1. The highest BCUT2D eigenvalue weighted by Gasteiger charge is 2.31. The highest BCUT2D eigenvalue weighted by molar-refractivity contribution is 7.10. The Morgan fingerprint density at radius 1 is 1.36 bits per heavy atom. The first-order chi connectivity index (χ1) is 10.6. The molecule has 2 amide bonds. The first-order valence-corrected chi connectivity index (χ1v) is 7.97. The number of thiophene rings is 1. The van der Waals surface area contributed by atoms with Gasteiger partial charge in [0.25, 0.3) is 0 Å². The second kappa shape index (κ2) is 6.29. The van der Waals surface area contributed by atoms with Gasteiger partial charge in [-0.05, 0) is 29.1 Å². The molecule has 22 heavy (non-hydrogen) atoms. The first-order valence-electron chi connectivity index (χ1n) is 7.09. The van der Waals surface area contributed by atoms with Crippen molar-refractivity contribution >= 4 is 23.2 Å². The van der Waals surface area contributed by atoms with Gasteiger partial charge in [0.2, 0.25) is 11.8 Å². The van der Waals surface area contributed by atoms with Crippen LogP contribution in [0.2, 0.25) is 0 Å². The van der Waals surface area contributed by atoms with E-state index in [1.54, 1.807) is 23.5 Å². The number of piperazine rings is 1. The van der Waals surface area contributed by atoms with Crippen LogP contribution in [0, 0.1) is 0 Å². The molecule has 114 valence electrons. The highest BCUT2D eigenvalue weighted by Crippen LogP contribution is 2.28. The summed E-state index contributed by atoms with van der Waals surface area (Å²) in [6, 6.07) is 10.9. The number of rotatable bonds is 4. The van der Waals surface area contributed by atoms with Gasteiger partial charge in [-0.3, -0.25) is 14.5 Å². The number of nitrogens with zero attached hydrogens (tertiary/aromatic N) is 1. The van der Waals surface area contributed by atoms with Crippen molar-refractivity contribution in [1.82, 2.24) is 10.2 Å². The van der Waals surface area contributed by atoms with Gasteiger partial charge >= 0.3 is 0 Å². The summed E-state index contributed by atoms with van der Waals surface area (Å²) in [5, 5.41) is 4.89. The Balaban J connectivity index is 1.84. The van der Waals surface area contributed by atoms with Crippen molar-refractivity contribution in [1.29, 1.82) is 0 Å². The molecule has 3 N–H and O–H groups in total. The molecule has 0 bridgehead atoms. The van der Waals surface area contributed by atoms with Crippen LogP contribution in [0.3, 0.4) is 0 Å². The number of carbonyl (C=O) groups excluding carboxylic acids is 2. The normalized spacial score (nSPS) is 18.9. The Kier molecular flexibility index (Phi) is 4.22. The first kappa shape index (κ1) is 14.7. The van der Waals surface area contributed by atoms with Crippen LogP contribution < -0.4 is 11.1 Å². The van der Waals surface area contributed by atoms with Gasteiger partial charge in [-0.15, -0.1) is 11.3 Å². The average Bonchev–Trinajstić information content (AvgIpc) is 3.01. The van der Waals surface area contributed by atoms with Crippen molar-refractivity contribution in [2.24, 2.45) is 5.73 Å². The van der Waals surface area contributed by atoms with E-state index >= 15 is 0 Å². The largest absolute Gasteiger partial charge is 0.366 e. The molecule has 1 aromatic carbocycles. The van der Waals surface area contributed by atoms with Gasteiger partial charge in [-0.2, -0.15) is 0 Å². The second-order valence-corrected chi connectivity index (χ2v) is 6.22. The van der Waals surface area contributed by atoms with E-state index in [1.165, 1.54) is 0 Å². The lowest BCUT2D eigenvalue weighted by Crippen LogP contribution is -2.49. The van der Waals surface area contributed by atoms with E-state index in [0.29, 0.717) is 18.7 Å². The van der Waals surface area contributed by atoms with Crippen molar-refractivity contribution in [2.75, 3.05) is 13.1 Å². The van der Waals surface area contributed by atoms with Crippen molar-refractivity contribution in [3.05, 3.63) is 57.8 Å². The molecule has 1 aromatic heterocycles. The highest BCUT2D eigenvalue weighted by atomic mass is 32.1. The Labute approximate surface area is 132 Å². The van der Waals surface area contributed by atoms with Gasteiger partial charge in [0.15, 0.2) is 0 Å². The van der Waals surface area contributed by atoms with Crippen LogP contribution in [0.1, 0.15) is 26.8 Å². The van der Waals surface area contributed by atoms with Crippen LogP contribution in [-0.4, -0.2) is 29.8 Å². The third kappa shape index (κ3) is 3.03. The summed E-state index contributed by atoms with van der Waals surface area (Å²) in [7, 11) is 0. The summed E-state index contributed by atoms with van der Waals surface area (Å²) in [5.74, 6) is -0.409. The molecule has 1 atom stereocenters. The van der Waals surface area contributed by atoms with E-state index in [-0.39, 0.29) is 11.9 Å². The lowest BCUT2D eigenvalue weighted by molar-refractivity contribution is -0.129. The fourth-order valence-electron chi connectivity index (χ4n) is 2.70. The lowest BCUT2D eigenvalue weighted by Gasteiger charge is -2.34. The number of carbonyl (C=O) groups is 2. The monoisotopic (exact) mass is 315 g/mol. The minimum atomic E-state index is -0.437. The molecule has 1 aliphatic rings. The summed E-state index contributed by atoms with van der Waals surface area (Å²) in [4.78, 5) is 26.7. The molecular formula is C16H17N3O2S. The van der Waals surface area contributed by atoms with Gasteiger partial charge in [-0.1, -0.05) is 18.2 Å². The van der Waals surface area contributed by atoms with Crippen molar-refractivity contribution < 1.29 is 9.59 Å². The number of nitrogens with two attached hydrogens (primary N) is 1. The van der Waals surface area contributed by atoms with E-state index in [1.807, 2.05) is 29.6 Å². The maximum atomic E-state index is 12.2. The molecule has 1 aliphatic heterocycles. The van der Waals surface area contributed by atoms with Crippen LogP contribution >= 0.6 is 11.3 Å². The summed E-state index contributed by atoms with van der Waals surface area (Å²) in [6.45, 7) is 2.02. The van der Waals surface area contributed by atoms with Crippen molar-refractivity contribution in [3.8, 4) is 0 Å². The van der Waals surface area contributed by atoms with E-state index in [2.05, 4.69) is 10.2 Å². The minimum Gasteiger partial charge on any atom is -0.366 e. The van der Waals surface area contributed by atoms with Gasteiger partial charge in [-0.25, -0.2) is 0 Å². The van der Waals surface area contributed by atoms with E-state index in [0.717, 1.165) is 17.0 Å². The van der Waals surface area contributed by atoms with Crippen LogP contribution in [-0.2, 0) is 11.3 Å². The van der Waals surface area contributed by atoms with Crippen LogP contribution in [0.5, 0.6) is 0 Å². The minimum absolute atomic E-state index is 0.0276. The van der Waals surface area contributed by atoms with E-state index in [4.69, 9.17) is 5.73 Å². The second-order valence-electron chi connectivity index (χ2n) is 5.24. The van der Waals surface area contributed by atoms with Gasteiger partial charge < -0.3 is 11.1 Å². The molecule has 0 saturated carbocycles. The number of hydrogen-bond acceptors (Lipinski definition) is 4. The number of hydrogen-bond donors (Lipinski definition) is 2. The maximum absolute atomic E-state index is 12.2. The van der Waals surface area contributed by atoms with Crippen molar-refractivity contribution in [3.63, 3.8) is 0 Å². The number of nitrogens with one attached hydrogen (secondary N) is 1. The third-order valence-corrected chi connectivity index (χ3v) is 4.65. The molecule has 0 radical (unpaired) electrons. The molecule has 1 saturated heterocycles. The standard InChI is InChI=1S/C16H17N3O2S/c17-15(20)12-4-1-3-11(9-12)10-19-7-6-18-16(21)14(19)13-5-2-8-22-13/h1-5,8-9,14H,6-7,10H2,(H2,17,20)(H,18,21). The van der Waals surface area contributed by atoms with Crippen LogP contribution in [0.25, 0.3) is 0 Å². The molecule has 0 spiro atoms. The molecule has 2 aromatic rings. The molecule has 1 fully saturated rings. The molecule has 0 aliphatic carbocycles. The van der Waals surface area contributed by atoms with Crippen LogP contribution in [0.4, 0.5) is 0 Å². The van der Waals surface area contributed by atoms with E-state index in [9.17, 15) is 9.59 Å². The molecular weight excluding hydrogens is 298 g/mol. The molecule has 1 unspecified atom stereocenters. The van der Waals surface area contributed by atoms with Gasteiger partial charge in [0.05, 0.1) is 0 Å². The Bertz CT molecular complexity index is 684. The fraction of sp³-hybridized carbons (Fsp3) is 0.250. The number of amides is 2. The average molecular weight is 315 g/mol. The van der Waals surface area contributed by atoms with Crippen LogP contribution in [0.15, 0.2) is 41.8 Å². The summed E-state index contributed by atoms with van der Waals surface area (Å²) in [6.07, 6.45) is 0. The zero-order chi connectivity index (χ0) is 15.5. The van der Waals surface area contributed by atoms with Gasteiger partial charge in [0.1, 0.15) is 6.04 Å². The smallest absolute Gasteiger partial charge is 0.248 e. The molecule has 6 heteroatoms. The zero-order valence-corrected chi connectivity index (χ0v) is 12.8. The summed E-state index contributed by atoms with van der Waals surface area (Å²) in [5.41, 5.74) is 6.80. The quantitative estimate of drug-likeness (QED) is 0.898. The fourth-order valence-corrected chi connectivity index (χ4v) is 3.55. The van der Waals surface area contributed by atoms with Crippen molar-refractivity contribution in [2.45, 2.75) is 12.6 Å². The Hall–Kier alpha value is -2.18.